The number of benzene rings is 1. The SMILES string of the molecule is Cc1ccc(C#N)cc1S(=O)(=O)N1CC=C(C(F)(F)F)CC1. The van der Waals surface area contributed by atoms with Crippen molar-refractivity contribution in [2.24, 2.45) is 0 Å². The molecule has 0 radical (unpaired) electrons. The van der Waals surface area contributed by atoms with Gasteiger partial charge in [0.05, 0.1) is 16.5 Å². The lowest BCUT2D eigenvalue weighted by Crippen LogP contribution is -2.37. The molecule has 1 heterocycles. The van der Waals surface area contributed by atoms with E-state index in [9.17, 15) is 21.6 Å². The van der Waals surface area contributed by atoms with E-state index in [1.54, 1.807) is 6.92 Å². The van der Waals surface area contributed by atoms with E-state index in [-0.39, 0.29) is 30.0 Å². The van der Waals surface area contributed by atoms with Gasteiger partial charge in [-0.1, -0.05) is 12.1 Å². The summed E-state index contributed by atoms with van der Waals surface area (Å²) in [6.07, 6.45) is -3.91. The molecule has 0 aliphatic carbocycles. The van der Waals surface area contributed by atoms with Gasteiger partial charge in [0.1, 0.15) is 0 Å². The van der Waals surface area contributed by atoms with Crippen molar-refractivity contribution in [3.63, 3.8) is 0 Å². The van der Waals surface area contributed by atoms with Crippen molar-refractivity contribution in [2.45, 2.75) is 24.4 Å². The Morgan fingerprint density at radius 1 is 1.32 bits per heavy atom. The zero-order valence-corrected chi connectivity index (χ0v) is 12.5. The molecule has 0 atom stereocenters. The van der Waals surface area contributed by atoms with Crippen LogP contribution in [0.5, 0.6) is 0 Å². The van der Waals surface area contributed by atoms with E-state index in [1.165, 1.54) is 18.2 Å². The number of nitriles is 1. The molecule has 0 N–H and O–H groups in total. The summed E-state index contributed by atoms with van der Waals surface area (Å²) in [5.41, 5.74) is -0.0706. The Morgan fingerprint density at radius 2 is 2.00 bits per heavy atom. The van der Waals surface area contributed by atoms with Gasteiger partial charge >= 0.3 is 6.18 Å². The van der Waals surface area contributed by atoms with E-state index >= 15 is 0 Å². The van der Waals surface area contributed by atoms with Crippen molar-refractivity contribution in [3.05, 3.63) is 41.0 Å². The third-order valence-electron chi connectivity index (χ3n) is 3.47. The number of hydrogen-bond acceptors (Lipinski definition) is 3. The maximum atomic E-state index is 12.6. The Morgan fingerprint density at radius 3 is 2.50 bits per heavy atom. The summed E-state index contributed by atoms with van der Waals surface area (Å²) in [4.78, 5) is -0.0459. The molecule has 1 aromatic carbocycles. The summed E-state index contributed by atoms with van der Waals surface area (Å²) >= 11 is 0. The van der Waals surface area contributed by atoms with Crippen molar-refractivity contribution in [3.8, 4) is 6.07 Å². The first-order chi connectivity index (χ1) is 10.2. The molecular weight excluding hydrogens is 317 g/mol. The normalized spacial score (nSPS) is 17.0. The molecular formula is C14H13F3N2O2S. The number of sulfonamides is 1. The lowest BCUT2D eigenvalue weighted by molar-refractivity contribution is -0.0953. The van der Waals surface area contributed by atoms with Gasteiger partial charge in [-0.15, -0.1) is 0 Å². The number of alkyl halides is 3. The smallest absolute Gasteiger partial charge is 0.207 e. The molecule has 0 bridgehead atoms. The van der Waals surface area contributed by atoms with Gasteiger partial charge in [0.25, 0.3) is 0 Å². The predicted octanol–water partition coefficient (Wildman–Crippen LogP) is 2.75. The minimum absolute atomic E-state index is 0.0459. The fraction of sp³-hybridized carbons (Fsp3) is 0.357. The van der Waals surface area contributed by atoms with E-state index < -0.39 is 21.8 Å². The molecule has 4 nitrogen and oxygen atoms in total. The summed E-state index contributed by atoms with van der Waals surface area (Å²) in [6, 6.07) is 6.10. The first kappa shape index (κ1) is 16.5. The van der Waals surface area contributed by atoms with Crippen molar-refractivity contribution in [1.29, 1.82) is 5.26 Å². The van der Waals surface area contributed by atoms with Crippen LogP contribution in [0.2, 0.25) is 0 Å². The highest BCUT2D eigenvalue weighted by molar-refractivity contribution is 7.89. The molecule has 1 aliphatic heterocycles. The van der Waals surface area contributed by atoms with Gasteiger partial charge in [0.2, 0.25) is 10.0 Å². The average Bonchev–Trinajstić information content (AvgIpc) is 2.47. The van der Waals surface area contributed by atoms with E-state index in [1.807, 2.05) is 6.07 Å². The summed E-state index contributed by atoms with van der Waals surface area (Å²) in [5.74, 6) is 0. The van der Waals surface area contributed by atoms with Gasteiger partial charge in [0.15, 0.2) is 0 Å². The van der Waals surface area contributed by atoms with Crippen LogP contribution in [0.3, 0.4) is 0 Å². The van der Waals surface area contributed by atoms with Gasteiger partial charge < -0.3 is 0 Å². The van der Waals surface area contributed by atoms with Crippen LogP contribution < -0.4 is 0 Å². The first-order valence-electron chi connectivity index (χ1n) is 6.43. The molecule has 0 saturated heterocycles. The number of hydrogen-bond donors (Lipinski definition) is 0. The van der Waals surface area contributed by atoms with Crippen LogP contribution in [-0.2, 0) is 10.0 Å². The highest BCUT2D eigenvalue weighted by Gasteiger charge is 2.37. The molecule has 0 unspecified atom stereocenters. The summed E-state index contributed by atoms with van der Waals surface area (Å²) < 4.78 is 63.8. The predicted molar refractivity (Wildman–Crippen MR) is 73.4 cm³/mol. The van der Waals surface area contributed by atoms with Gasteiger partial charge in [-0.2, -0.15) is 22.7 Å². The molecule has 2 rings (SSSR count). The molecule has 0 amide bonds. The van der Waals surface area contributed by atoms with E-state index in [2.05, 4.69) is 0 Å². The molecule has 118 valence electrons. The summed E-state index contributed by atoms with van der Waals surface area (Å²) in [6.45, 7) is 1.02. The summed E-state index contributed by atoms with van der Waals surface area (Å²) in [5, 5.41) is 8.86. The van der Waals surface area contributed by atoms with Crippen LogP contribution in [-0.4, -0.2) is 32.0 Å². The maximum Gasteiger partial charge on any atom is 0.412 e. The molecule has 8 heteroatoms. The van der Waals surface area contributed by atoms with Gasteiger partial charge in [-0.05, 0) is 31.0 Å². The average molecular weight is 330 g/mol. The van der Waals surface area contributed by atoms with E-state index in [4.69, 9.17) is 5.26 Å². The fourth-order valence-electron chi connectivity index (χ4n) is 2.21. The molecule has 0 spiro atoms. The minimum Gasteiger partial charge on any atom is -0.207 e. The van der Waals surface area contributed by atoms with Crippen molar-refractivity contribution in [2.75, 3.05) is 13.1 Å². The topological polar surface area (TPSA) is 61.2 Å². The number of rotatable bonds is 2. The minimum atomic E-state index is -4.42. The Balaban J connectivity index is 2.34. The zero-order valence-electron chi connectivity index (χ0n) is 11.7. The highest BCUT2D eigenvalue weighted by Crippen LogP contribution is 2.32. The second-order valence-corrected chi connectivity index (χ2v) is 6.84. The van der Waals surface area contributed by atoms with Crippen LogP contribution in [0.4, 0.5) is 13.2 Å². The quantitative estimate of drug-likeness (QED) is 0.784. The fourth-order valence-corrected chi connectivity index (χ4v) is 3.84. The van der Waals surface area contributed by atoms with Gasteiger partial charge in [0, 0.05) is 18.7 Å². The molecule has 0 aromatic heterocycles. The second-order valence-electron chi connectivity index (χ2n) is 4.93. The third kappa shape index (κ3) is 3.15. The van der Waals surface area contributed by atoms with Gasteiger partial charge in [-0.3, -0.25) is 0 Å². The second kappa shape index (κ2) is 5.74. The van der Waals surface area contributed by atoms with Crippen LogP contribution >= 0.6 is 0 Å². The Labute approximate surface area is 126 Å². The van der Waals surface area contributed by atoms with Crippen molar-refractivity contribution in [1.82, 2.24) is 4.31 Å². The number of halogens is 3. The number of aryl methyl sites for hydroxylation is 1. The molecule has 0 fully saturated rings. The Bertz CT molecular complexity index is 761. The lowest BCUT2D eigenvalue weighted by atomic mass is 10.1. The third-order valence-corrected chi connectivity index (χ3v) is 5.48. The lowest BCUT2D eigenvalue weighted by Gasteiger charge is -2.27. The van der Waals surface area contributed by atoms with Crippen LogP contribution in [0.1, 0.15) is 17.5 Å². The van der Waals surface area contributed by atoms with Gasteiger partial charge in [-0.25, -0.2) is 8.42 Å². The largest absolute Gasteiger partial charge is 0.412 e. The first-order valence-corrected chi connectivity index (χ1v) is 7.87. The standard InChI is InChI=1S/C14H13F3N2O2S/c1-10-2-3-11(9-18)8-13(10)22(20,21)19-6-4-12(5-7-19)14(15,16)17/h2-4,8H,5-7H2,1H3. The molecule has 22 heavy (non-hydrogen) atoms. The van der Waals surface area contributed by atoms with E-state index in [0.717, 1.165) is 10.4 Å². The van der Waals surface area contributed by atoms with Crippen LogP contribution in [0.15, 0.2) is 34.7 Å². The molecule has 0 saturated carbocycles. The monoisotopic (exact) mass is 330 g/mol. The number of nitrogens with zero attached hydrogens (tertiary/aromatic N) is 2. The zero-order chi connectivity index (χ0) is 16.5. The van der Waals surface area contributed by atoms with Crippen LogP contribution in [0, 0.1) is 18.3 Å². The van der Waals surface area contributed by atoms with Crippen LogP contribution in [0.25, 0.3) is 0 Å². The summed E-state index contributed by atoms with van der Waals surface area (Å²) in [7, 11) is -3.92. The molecule has 1 aliphatic rings. The Kier molecular flexibility index (Phi) is 4.31. The van der Waals surface area contributed by atoms with Crippen molar-refractivity contribution >= 4 is 10.0 Å². The van der Waals surface area contributed by atoms with E-state index in [0.29, 0.717) is 5.56 Å². The highest BCUT2D eigenvalue weighted by atomic mass is 32.2. The molecule has 1 aromatic rings. The Hall–Kier alpha value is -1.85. The maximum absolute atomic E-state index is 12.6. The van der Waals surface area contributed by atoms with Crippen molar-refractivity contribution < 1.29 is 21.6 Å².